The average Bonchev–Trinajstić information content (AvgIpc) is 2.55. The molecule has 0 aliphatic heterocycles. The lowest BCUT2D eigenvalue weighted by atomic mass is 9.99. The van der Waals surface area contributed by atoms with Crippen molar-refractivity contribution in [3.63, 3.8) is 0 Å². The van der Waals surface area contributed by atoms with Gasteiger partial charge in [0.25, 0.3) is 0 Å². The van der Waals surface area contributed by atoms with Crippen LogP contribution in [0, 0.1) is 6.92 Å². The number of benzene rings is 2. The first-order valence-corrected chi connectivity index (χ1v) is 8.35. The molecule has 25 heavy (non-hydrogen) atoms. The average molecular weight is 349 g/mol. The minimum atomic E-state index is -4.38. The number of carbonyl (C=O) groups excluding carboxylic acids is 1. The number of amides is 1. The second-order valence-electron chi connectivity index (χ2n) is 6.16. The third kappa shape index (κ3) is 5.62. The van der Waals surface area contributed by atoms with Gasteiger partial charge in [-0.2, -0.15) is 13.2 Å². The van der Waals surface area contributed by atoms with E-state index in [1.54, 1.807) is 0 Å². The van der Waals surface area contributed by atoms with Crippen molar-refractivity contribution in [3.8, 4) is 0 Å². The molecule has 0 bridgehead atoms. The van der Waals surface area contributed by atoms with E-state index in [0.29, 0.717) is 5.69 Å². The van der Waals surface area contributed by atoms with Crippen LogP contribution in [0.5, 0.6) is 0 Å². The van der Waals surface area contributed by atoms with Crippen molar-refractivity contribution < 1.29 is 18.0 Å². The van der Waals surface area contributed by atoms with Crippen LogP contribution < -0.4 is 5.32 Å². The highest BCUT2D eigenvalue weighted by Crippen LogP contribution is 2.29. The van der Waals surface area contributed by atoms with Gasteiger partial charge in [-0.3, -0.25) is 4.79 Å². The summed E-state index contributed by atoms with van der Waals surface area (Å²) >= 11 is 0. The quantitative estimate of drug-likeness (QED) is 0.729. The topological polar surface area (TPSA) is 29.1 Å². The molecule has 0 saturated carbocycles. The number of alkyl halides is 3. The van der Waals surface area contributed by atoms with Gasteiger partial charge in [-0.05, 0) is 60.7 Å². The first kappa shape index (κ1) is 19.0. The van der Waals surface area contributed by atoms with Gasteiger partial charge < -0.3 is 5.32 Å². The van der Waals surface area contributed by atoms with Crippen molar-refractivity contribution in [3.05, 3.63) is 64.7 Å². The molecular formula is C20H22F3NO. The highest BCUT2D eigenvalue weighted by atomic mass is 19.4. The largest absolute Gasteiger partial charge is 0.416 e. The molecule has 0 aromatic heterocycles. The zero-order valence-corrected chi connectivity index (χ0v) is 14.4. The second kappa shape index (κ2) is 8.19. The van der Waals surface area contributed by atoms with E-state index in [4.69, 9.17) is 0 Å². The Morgan fingerprint density at radius 2 is 1.76 bits per heavy atom. The van der Waals surface area contributed by atoms with E-state index >= 15 is 0 Å². The van der Waals surface area contributed by atoms with Crippen LogP contribution in [-0.4, -0.2) is 5.91 Å². The summed E-state index contributed by atoms with van der Waals surface area (Å²) in [5, 5.41) is 2.65. The van der Waals surface area contributed by atoms with E-state index in [9.17, 15) is 18.0 Å². The Labute approximate surface area is 146 Å². The van der Waals surface area contributed by atoms with Crippen LogP contribution in [0.1, 0.15) is 42.0 Å². The monoisotopic (exact) mass is 349 g/mol. The number of anilines is 1. The normalized spacial score (nSPS) is 11.4. The first-order chi connectivity index (χ1) is 11.8. The molecule has 1 N–H and O–H groups in total. The number of hydrogen-bond donors (Lipinski definition) is 1. The molecule has 5 heteroatoms. The Bertz CT molecular complexity index is 721. The van der Waals surface area contributed by atoms with Crippen LogP contribution in [-0.2, 0) is 23.8 Å². The summed E-state index contributed by atoms with van der Waals surface area (Å²) in [4.78, 5) is 12.2. The number of hydrogen-bond acceptors (Lipinski definition) is 1. The van der Waals surface area contributed by atoms with Gasteiger partial charge in [0, 0.05) is 5.69 Å². The Morgan fingerprint density at radius 1 is 1.08 bits per heavy atom. The SMILES string of the molecule is CCCCc1ccc(C)c(CC(=O)Nc2ccc(C(F)(F)F)cc2)c1. The molecule has 2 rings (SSSR count). The second-order valence-corrected chi connectivity index (χ2v) is 6.16. The molecule has 0 heterocycles. The summed E-state index contributed by atoms with van der Waals surface area (Å²) in [7, 11) is 0. The fourth-order valence-corrected chi connectivity index (χ4v) is 2.57. The molecule has 2 nitrogen and oxygen atoms in total. The maximum atomic E-state index is 12.6. The summed E-state index contributed by atoms with van der Waals surface area (Å²) in [6.07, 6.45) is -0.992. The Kier molecular flexibility index (Phi) is 6.23. The standard InChI is InChI=1S/C20H22F3NO/c1-3-4-5-15-7-6-14(2)16(12-15)13-19(25)24-18-10-8-17(9-11-18)20(21,22)23/h6-12H,3-5,13H2,1-2H3,(H,24,25). The molecule has 134 valence electrons. The molecule has 0 unspecified atom stereocenters. The van der Waals surface area contributed by atoms with E-state index in [2.05, 4.69) is 18.3 Å². The smallest absolute Gasteiger partial charge is 0.326 e. The van der Waals surface area contributed by atoms with Gasteiger partial charge in [-0.15, -0.1) is 0 Å². The molecule has 1 amide bonds. The number of rotatable bonds is 6. The molecule has 0 radical (unpaired) electrons. The van der Waals surface area contributed by atoms with Crippen LogP contribution in [0.4, 0.5) is 18.9 Å². The lowest BCUT2D eigenvalue weighted by Crippen LogP contribution is -2.15. The third-order valence-electron chi connectivity index (χ3n) is 4.08. The highest BCUT2D eigenvalue weighted by molar-refractivity contribution is 5.92. The Balaban J connectivity index is 2.02. The van der Waals surface area contributed by atoms with E-state index in [1.165, 1.54) is 17.7 Å². The molecule has 0 saturated heterocycles. The maximum absolute atomic E-state index is 12.6. The van der Waals surface area contributed by atoms with Crippen molar-refractivity contribution >= 4 is 11.6 Å². The van der Waals surface area contributed by atoms with Gasteiger partial charge in [-0.1, -0.05) is 31.5 Å². The van der Waals surface area contributed by atoms with Gasteiger partial charge in [-0.25, -0.2) is 0 Å². The van der Waals surface area contributed by atoms with Crippen LogP contribution in [0.15, 0.2) is 42.5 Å². The van der Waals surface area contributed by atoms with E-state index in [1.807, 2.05) is 19.1 Å². The number of nitrogens with one attached hydrogen (secondary N) is 1. The highest BCUT2D eigenvalue weighted by Gasteiger charge is 2.29. The summed E-state index contributed by atoms with van der Waals surface area (Å²) in [5.41, 5.74) is 2.80. The van der Waals surface area contributed by atoms with Crippen LogP contribution in [0.25, 0.3) is 0 Å². The fourth-order valence-electron chi connectivity index (χ4n) is 2.57. The molecule has 0 aliphatic rings. The first-order valence-electron chi connectivity index (χ1n) is 8.35. The van der Waals surface area contributed by atoms with Crippen molar-refractivity contribution in [2.24, 2.45) is 0 Å². The van der Waals surface area contributed by atoms with E-state index in [-0.39, 0.29) is 12.3 Å². The van der Waals surface area contributed by atoms with Crippen molar-refractivity contribution in [2.75, 3.05) is 5.32 Å². The third-order valence-corrected chi connectivity index (χ3v) is 4.08. The van der Waals surface area contributed by atoms with Gasteiger partial charge in [0.2, 0.25) is 5.91 Å². The van der Waals surface area contributed by atoms with Gasteiger partial charge in [0.15, 0.2) is 0 Å². The van der Waals surface area contributed by atoms with Gasteiger partial charge >= 0.3 is 6.18 Å². The number of carbonyl (C=O) groups is 1. The maximum Gasteiger partial charge on any atom is 0.416 e. The molecular weight excluding hydrogens is 327 g/mol. The summed E-state index contributed by atoms with van der Waals surface area (Å²) < 4.78 is 37.7. The summed E-state index contributed by atoms with van der Waals surface area (Å²) in [5.74, 6) is -0.240. The number of halogens is 3. The minimum absolute atomic E-state index is 0.201. The predicted octanol–water partition coefficient (Wildman–Crippen LogP) is 5.54. The fraction of sp³-hybridized carbons (Fsp3) is 0.350. The molecule has 2 aromatic rings. The molecule has 0 atom stereocenters. The van der Waals surface area contributed by atoms with E-state index in [0.717, 1.165) is 42.5 Å². The lowest BCUT2D eigenvalue weighted by Gasteiger charge is -2.11. The van der Waals surface area contributed by atoms with E-state index < -0.39 is 11.7 Å². The van der Waals surface area contributed by atoms with Gasteiger partial charge in [0.05, 0.1) is 12.0 Å². The van der Waals surface area contributed by atoms with Crippen LogP contribution in [0.2, 0.25) is 0 Å². The molecule has 2 aromatic carbocycles. The molecule has 0 fully saturated rings. The molecule has 0 aliphatic carbocycles. The zero-order chi connectivity index (χ0) is 18.4. The Hall–Kier alpha value is -2.30. The van der Waals surface area contributed by atoms with Crippen molar-refractivity contribution in [1.82, 2.24) is 0 Å². The van der Waals surface area contributed by atoms with Gasteiger partial charge in [0.1, 0.15) is 0 Å². The predicted molar refractivity (Wildman–Crippen MR) is 93.6 cm³/mol. The minimum Gasteiger partial charge on any atom is -0.326 e. The molecule has 0 spiro atoms. The lowest BCUT2D eigenvalue weighted by molar-refractivity contribution is -0.137. The summed E-state index contributed by atoms with van der Waals surface area (Å²) in [6.45, 7) is 4.08. The van der Waals surface area contributed by atoms with Crippen LogP contribution >= 0.6 is 0 Å². The number of unbranched alkanes of at least 4 members (excludes halogenated alkanes) is 1. The Morgan fingerprint density at radius 3 is 2.36 bits per heavy atom. The zero-order valence-electron chi connectivity index (χ0n) is 14.4. The summed E-state index contributed by atoms with van der Waals surface area (Å²) in [6, 6.07) is 10.6. The van der Waals surface area contributed by atoms with Crippen LogP contribution in [0.3, 0.4) is 0 Å². The number of aryl methyl sites for hydroxylation is 2. The van der Waals surface area contributed by atoms with Crippen molar-refractivity contribution in [2.45, 2.75) is 45.7 Å². The van der Waals surface area contributed by atoms with Crippen molar-refractivity contribution in [1.29, 1.82) is 0 Å².